The van der Waals surface area contributed by atoms with Gasteiger partial charge in [-0.15, -0.1) is 0 Å². The first-order valence-electron chi connectivity index (χ1n) is 6.25. The number of carbonyl (C=O) groups excluding carboxylic acids is 2. The van der Waals surface area contributed by atoms with Crippen molar-refractivity contribution in [1.82, 2.24) is 10.6 Å². The third kappa shape index (κ3) is 2.96. The van der Waals surface area contributed by atoms with Crippen molar-refractivity contribution < 1.29 is 9.59 Å². The van der Waals surface area contributed by atoms with Crippen LogP contribution >= 0.6 is 0 Å². The zero-order valence-corrected chi connectivity index (χ0v) is 10.9. The van der Waals surface area contributed by atoms with Crippen molar-refractivity contribution in [3.8, 4) is 0 Å². The van der Waals surface area contributed by atoms with Crippen LogP contribution in [0.15, 0.2) is 18.2 Å². The zero-order chi connectivity index (χ0) is 13.8. The van der Waals surface area contributed by atoms with Gasteiger partial charge in [-0.05, 0) is 18.2 Å². The molecule has 102 valence electrons. The first-order valence-corrected chi connectivity index (χ1v) is 6.25. The third-order valence-electron chi connectivity index (χ3n) is 3.17. The fraction of sp³-hybridized carbons (Fsp3) is 0.385. The number of benzene rings is 1. The lowest BCUT2D eigenvalue weighted by molar-refractivity contribution is -0.120. The van der Waals surface area contributed by atoms with Crippen molar-refractivity contribution in [3.63, 3.8) is 0 Å². The molecule has 1 aliphatic rings. The number of anilines is 2. The number of carbonyl (C=O) groups is 2. The van der Waals surface area contributed by atoms with Crippen molar-refractivity contribution in [2.75, 3.05) is 37.3 Å². The summed E-state index contributed by atoms with van der Waals surface area (Å²) < 4.78 is 0. The Morgan fingerprint density at radius 3 is 2.89 bits per heavy atom. The molecule has 0 unspecified atom stereocenters. The van der Waals surface area contributed by atoms with Crippen LogP contribution in [0.3, 0.4) is 0 Å². The van der Waals surface area contributed by atoms with Gasteiger partial charge < -0.3 is 21.3 Å². The summed E-state index contributed by atoms with van der Waals surface area (Å²) in [5, 5.41) is 5.38. The van der Waals surface area contributed by atoms with Gasteiger partial charge in [-0.3, -0.25) is 9.59 Å². The van der Waals surface area contributed by atoms with E-state index < -0.39 is 0 Å². The van der Waals surface area contributed by atoms with Crippen LogP contribution in [-0.2, 0) is 4.79 Å². The smallest absolute Gasteiger partial charge is 0.251 e. The number of nitrogens with two attached hydrogens (primary N) is 1. The molecule has 0 aromatic heterocycles. The lowest BCUT2D eigenvalue weighted by Crippen LogP contribution is -2.29. The maximum Gasteiger partial charge on any atom is 0.251 e. The van der Waals surface area contributed by atoms with Gasteiger partial charge in [-0.1, -0.05) is 0 Å². The lowest BCUT2D eigenvalue weighted by Gasteiger charge is -2.23. The minimum absolute atomic E-state index is 0.0584. The minimum atomic E-state index is -0.161. The van der Waals surface area contributed by atoms with Crippen LogP contribution in [0.4, 0.5) is 11.4 Å². The van der Waals surface area contributed by atoms with Gasteiger partial charge in [0.1, 0.15) is 0 Å². The van der Waals surface area contributed by atoms with E-state index in [0.29, 0.717) is 30.8 Å². The highest BCUT2D eigenvalue weighted by molar-refractivity contribution is 5.96. The molecule has 1 saturated heterocycles. The number of hydrogen-bond acceptors (Lipinski definition) is 4. The number of hydrogen-bond donors (Lipinski definition) is 3. The summed E-state index contributed by atoms with van der Waals surface area (Å²) >= 11 is 0. The molecule has 0 spiro atoms. The van der Waals surface area contributed by atoms with E-state index in [1.54, 1.807) is 19.2 Å². The van der Waals surface area contributed by atoms with Crippen LogP contribution in [0.5, 0.6) is 0 Å². The fourth-order valence-corrected chi connectivity index (χ4v) is 2.14. The van der Waals surface area contributed by atoms with Gasteiger partial charge in [0, 0.05) is 38.7 Å². The Hall–Kier alpha value is -2.24. The van der Waals surface area contributed by atoms with E-state index in [1.165, 1.54) is 0 Å². The molecule has 2 rings (SSSR count). The molecule has 0 radical (unpaired) electrons. The van der Waals surface area contributed by atoms with E-state index in [0.717, 1.165) is 12.2 Å². The van der Waals surface area contributed by atoms with Gasteiger partial charge in [0.05, 0.1) is 11.4 Å². The van der Waals surface area contributed by atoms with E-state index in [1.807, 2.05) is 6.07 Å². The molecule has 6 nitrogen and oxygen atoms in total. The fourth-order valence-electron chi connectivity index (χ4n) is 2.14. The highest BCUT2D eigenvalue weighted by atomic mass is 16.2. The second kappa shape index (κ2) is 5.60. The van der Waals surface area contributed by atoms with E-state index in [-0.39, 0.29) is 11.8 Å². The molecule has 1 aromatic carbocycles. The van der Waals surface area contributed by atoms with Gasteiger partial charge in [0.2, 0.25) is 5.91 Å². The minimum Gasteiger partial charge on any atom is -0.397 e. The monoisotopic (exact) mass is 262 g/mol. The van der Waals surface area contributed by atoms with Gasteiger partial charge in [0.15, 0.2) is 0 Å². The molecule has 0 saturated carbocycles. The van der Waals surface area contributed by atoms with Crippen LogP contribution in [-0.4, -0.2) is 38.5 Å². The Morgan fingerprint density at radius 1 is 1.42 bits per heavy atom. The molecule has 1 fully saturated rings. The molecular formula is C13H18N4O2. The molecule has 19 heavy (non-hydrogen) atoms. The summed E-state index contributed by atoms with van der Waals surface area (Å²) in [7, 11) is 1.58. The van der Waals surface area contributed by atoms with Gasteiger partial charge in [-0.25, -0.2) is 0 Å². The Labute approximate surface area is 112 Å². The molecule has 0 bridgehead atoms. The van der Waals surface area contributed by atoms with Gasteiger partial charge >= 0.3 is 0 Å². The summed E-state index contributed by atoms with van der Waals surface area (Å²) in [6.45, 7) is 1.96. The third-order valence-corrected chi connectivity index (χ3v) is 3.17. The quantitative estimate of drug-likeness (QED) is 0.652. The highest BCUT2D eigenvalue weighted by Gasteiger charge is 2.16. The number of amides is 2. The van der Waals surface area contributed by atoms with E-state index in [9.17, 15) is 9.59 Å². The molecule has 0 atom stereocenters. The predicted molar refractivity (Wildman–Crippen MR) is 74.1 cm³/mol. The van der Waals surface area contributed by atoms with Crippen LogP contribution in [0.25, 0.3) is 0 Å². The predicted octanol–water partition coefficient (Wildman–Crippen LogP) is -0.0453. The first kappa shape index (κ1) is 13.2. The second-order valence-electron chi connectivity index (χ2n) is 4.44. The van der Waals surface area contributed by atoms with E-state index >= 15 is 0 Å². The highest BCUT2D eigenvalue weighted by Crippen LogP contribution is 2.25. The number of nitrogens with zero attached hydrogens (tertiary/aromatic N) is 1. The average Bonchev–Trinajstić information content (AvgIpc) is 2.62. The maximum atomic E-state index is 11.5. The molecule has 2 amide bonds. The molecule has 0 aliphatic carbocycles. The zero-order valence-electron chi connectivity index (χ0n) is 10.9. The molecule has 4 N–H and O–H groups in total. The van der Waals surface area contributed by atoms with Crippen molar-refractivity contribution in [1.29, 1.82) is 0 Å². The van der Waals surface area contributed by atoms with Crippen molar-refractivity contribution in [2.45, 2.75) is 6.42 Å². The van der Waals surface area contributed by atoms with Crippen molar-refractivity contribution in [2.24, 2.45) is 0 Å². The molecule has 1 aromatic rings. The van der Waals surface area contributed by atoms with Crippen molar-refractivity contribution >= 4 is 23.2 Å². The SMILES string of the molecule is CNC(=O)c1ccc(N2CCNC(=O)CC2)c(N)c1. The van der Waals surface area contributed by atoms with E-state index in [2.05, 4.69) is 15.5 Å². The topological polar surface area (TPSA) is 87.5 Å². The molecule has 1 heterocycles. The Balaban J connectivity index is 2.20. The normalized spacial score (nSPS) is 15.6. The molecule has 6 heteroatoms. The summed E-state index contributed by atoms with van der Waals surface area (Å²) in [6.07, 6.45) is 0.455. The standard InChI is InChI=1S/C13H18N4O2/c1-15-13(19)9-2-3-11(10(14)8-9)17-6-4-12(18)16-5-7-17/h2-3,8H,4-7,14H2,1H3,(H,15,19)(H,16,18). The average molecular weight is 262 g/mol. The summed E-state index contributed by atoms with van der Waals surface area (Å²) in [4.78, 5) is 24.9. The largest absolute Gasteiger partial charge is 0.397 e. The Bertz CT molecular complexity index is 501. The number of nitrogen functional groups attached to an aromatic ring is 1. The van der Waals surface area contributed by atoms with Crippen LogP contribution in [0.2, 0.25) is 0 Å². The van der Waals surface area contributed by atoms with Gasteiger partial charge in [-0.2, -0.15) is 0 Å². The summed E-state index contributed by atoms with van der Waals surface area (Å²) in [6, 6.07) is 5.23. The summed E-state index contributed by atoms with van der Waals surface area (Å²) in [5.41, 5.74) is 7.95. The first-order chi connectivity index (χ1) is 9.11. The summed E-state index contributed by atoms with van der Waals surface area (Å²) in [5.74, 6) is -0.103. The van der Waals surface area contributed by atoms with Crippen molar-refractivity contribution in [3.05, 3.63) is 23.8 Å². The Morgan fingerprint density at radius 2 is 2.21 bits per heavy atom. The van der Waals surface area contributed by atoms with Crippen LogP contribution in [0.1, 0.15) is 16.8 Å². The number of rotatable bonds is 2. The molecule has 1 aliphatic heterocycles. The maximum absolute atomic E-state index is 11.5. The second-order valence-corrected chi connectivity index (χ2v) is 4.44. The van der Waals surface area contributed by atoms with Gasteiger partial charge in [0.25, 0.3) is 5.91 Å². The number of nitrogens with one attached hydrogen (secondary N) is 2. The lowest BCUT2D eigenvalue weighted by atomic mass is 10.1. The van der Waals surface area contributed by atoms with E-state index in [4.69, 9.17) is 5.73 Å². The van der Waals surface area contributed by atoms with Crippen LogP contribution in [0, 0.1) is 0 Å². The van der Waals surface area contributed by atoms with Crippen LogP contribution < -0.4 is 21.3 Å². The molecular weight excluding hydrogens is 244 g/mol. The Kier molecular flexibility index (Phi) is 3.89.